The fourth-order valence-corrected chi connectivity index (χ4v) is 8.18. The highest BCUT2D eigenvalue weighted by Crippen LogP contribution is 2.14. The van der Waals surface area contributed by atoms with Gasteiger partial charge in [0.25, 0.3) is 0 Å². The molecule has 0 saturated heterocycles. The van der Waals surface area contributed by atoms with E-state index in [0.717, 1.165) is 161 Å². The number of rotatable bonds is 56. The van der Waals surface area contributed by atoms with Crippen molar-refractivity contribution in [2.45, 2.75) is 258 Å². The fraction of sp³-hybridized carbons (Fsp3) is 0.560. The molecule has 0 saturated carbocycles. The zero-order chi connectivity index (χ0) is 58.5. The van der Waals surface area contributed by atoms with Crippen LogP contribution in [-0.2, 0) is 28.6 Å². The Kier molecular flexibility index (Phi) is 62.5. The zero-order valence-electron chi connectivity index (χ0n) is 51.7. The van der Waals surface area contributed by atoms with E-state index in [-0.39, 0.29) is 37.5 Å². The van der Waals surface area contributed by atoms with Crippen molar-refractivity contribution in [2.24, 2.45) is 0 Å². The molecular weight excluding hydrogens is 997 g/mol. The largest absolute Gasteiger partial charge is 0.462 e. The molecule has 1 unspecified atom stereocenters. The van der Waals surface area contributed by atoms with E-state index in [1.165, 1.54) is 44.9 Å². The Balaban J connectivity index is 4.57. The number of hydrogen-bond donors (Lipinski definition) is 0. The molecule has 0 rings (SSSR count). The third-order valence-electron chi connectivity index (χ3n) is 12.9. The lowest BCUT2D eigenvalue weighted by molar-refractivity contribution is -0.167. The number of carbonyl (C=O) groups excluding carboxylic acids is 3. The Morgan fingerprint density at radius 2 is 0.457 bits per heavy atom. The minimum Gasteiger partial charge on any atom is -0.462 e. The smallest absolute Gasteiger partial charge is 0.306 e. The second-order valence-corrected chi connectivity index (χ2v) is 20.5. The van der Waals surface area contributed by atoms with Crippen LogP contribution in [-0.4, -0.2) is 37.2 Å². The molecule has 6 nitrogen and oxygen atoms in total. The zero-order valence-corrected chi connectivity index (χ0v) is 51.7. The summed E-state index contributed by atoms with van der Waals surface area (Å²) in [5.74, 6) is -1.00. The molecule has 0 aromatic rings. The molecule has 81 heavy (non-hydrogen) atoms. The maximum atomic E-state index is 12.9. The minimum absolute atomic E-state index is 0.116. The molecule has 0 aliphatic rings. The van der Waals surface area contributed by atoms with Crippen molar-refractivity contribution in [1.82, 2.24) is 0 Å². The molecule has 0 N–H and O–H groups in total. The van der Waals surface area contributed by atoms with Gasteiger partial charge < -0.3 is 14.2 Å². The molecule has 0 amide bonds. The monoisotopic (exact) mass is 1110 g/mol. The molecule has 1 atom stereocenters. The number of hydrogen-bond acceptors (Lipinski definition) is 6. The number of allylic oxidation sites excluding steroid dienone is 30. The van der Waals surface area contributed by atoms with Gasteiger partial charge in [-0.3, -0.25) is 14.4 Å². The highest BCUT2D eigenvalue weighted by atomic mass is 16.6. The maximum absolute atomic E-state index is 12.9. The first-order valence-electron chi connectivity index (χ1n) is 32.3. The van der Waals surface area contributed by atoms with Crippen molar-refractivity contribution in [3.8, 4) is 0 Å². The Labute approximate surface area is 497 Å². The van der Waals surface area contributed by atoms with Gasteiger partial charge >= 0.3 is 17.9 Å². The van der Waals surface area contributed by atoms with Crippen molar-refractivity contribution in [3.05, 3.63) is 182 Å². The second-order valence-electron chi connectivity index (χ2n) is 20.5. The van der Waals surface area contributed by atoms with Gasteiger partial charge in [-0.25, -0.2) is 0 Å². The van der Waals surface area contributed by atoms with Crippen LogP contribution >= 0.6 is 0 Å². The number of unbranched alkanes of at least 4 members (excludes halogenated alkanes) is 15. The number of carbonyl (C=O) groups is 3. The van der Waals surface area contributed by atoms with E-state index in [1.807, 2.05) is 0 Å². The molecule has 452 valence electrons. The Bertz CT molecular complexity index is 1900. The molecule has 0 spiro atoms. The van der Waals surface area contributed by atoms with Crippen LogP contribution in [0.5, 0.6) is 0 Å². The van der Waals surface area contributed by atoms with Gasteiger partial charge in [-0.05, 0) is 148 Å². The van der Waals surface area contributed by atoms with Crippen LogP contribution in [0.1, 0.15) is 252 Å². The molecule has 0 radical (unpaired) electrons. The maximum Gasteiger partial charge on any atom is 0.306 e. The topological polar surface area (TPSA) is 78.9 Å². The first-order chi connectivity index (χ1) is 40.0. The summed E-state index contributed by atoms with van der Waals surface area (Å²) in [6, 6.07) is 0. The second kappa shape index (κ2) is 67.0. The molecular formula is C75H116O6. The molecule has 6 heteroatoms. The third kappa shape index (κ3) is 65.2. The average Bonchev–Trinajstić information content (AvgIpc) is 3.47. The summed E-state index contributed by atoms with van der Waals surface area (Å²) in [4.78, 5) is 38.4. The van der Waals surface area contributed by atoms with E-state index >= 15 is 0 Å². The summed E-state index contributed by atoms with van der Waals surface area (Å²) < 4.78 is 16.9. The van der Waals surface area contributed by atoms with Gasteiger partial charge in [-0.2, -0.15) is 0 Å². The predicted molar refractivity (Wildman–Crippen MR) is 352 cm³/mol. The number of ether oxygens (including phenoxy) is 3. The van der Waals surface area contributed by atoms with Crippen molar-refractivity contribution < 1.29 is 28.6 Å². The highest BCUT2D eigenvalue weighted by molar-refractivity contribution is 5.71. The van der Waals surface area contributed by atoms with E-state index in [9.17, 15) is 14.4 Å². The van der Waals surface area contributed by atoms with Gasteiger partial charge in [0.1, 0.15) is 13.2 Å². The molecule has 0 bridgehead atoms. The summed E-state index contributed by atoms with van der Waals surface area (Å²) in [6.45, 7) is 6.23. The van der Waals surface area contributed by atoms with Crippen LogP contribution in [0.25, 0.3) is 0 Å². The van der Waals surface area contributed by atoms with Crippen molar-refractivity contribution in [3.63, 3.8) is 0 Å². The highest BCUT2D eigenvalue weighted by Gasteiger charge is 2.19. The summed E-state index contributed by atoms with van der Waals surface area (Å²) in [6.07, 6.45) is 100. The first kappa shape index (κ1) is 75.5. The van der Waals surface area contributed by atoms with Crippen molar-refractivity contribution >= 4 is 17.9 Å². The predicted octanol–water partition coefficient (Wildman–Crippen LogP) is 22.4. The summed E-state index contributed by atoms with van der Waals surface area (Å²) >= 11 is 0. The molecule has 0 aromatic heterocycles. The molecule has 0 aromatic carbocycles. The van der Waals surface area contributed by atoms with Crippen LogP contribution in [0.3, 0.4) is 0 Å². The first-order valence-corrected chi connectivity index (χ1v) is 32.3. The van der Waals surface area contributed by atoms with Gasteiger partial charge in [0.15, 0.2) is 6.10 Å². The van der Waals surface area contributed by atoms with Crippen LogP contribution in [0.15, 0.2) is 182 Å². The lowest BCUT2D eigenvalue weighted by Crippen LogP contribution is -2.30. The molecule has 0 aliphatic heterocycles. The summed E-state index contributed by atoms with van der Waals surface area (Å²) in [5.41, 5.74) is 0. The van der Waals surface area contributed by atoms with E-state index in [2.05, 4.69) is 203 Å². The Hall–Kier alpha value is -5.49. The van der Waals surface area contributed by atoms with Crippen LogP contribution in [0, 0.1) is 0 Å². The van der Waals surface area contributed by atoms with E-state index < -0.39 is 6.10 Å². The van der Waals surface area contributed by atoms with Gasteiger partial charge in [-0.15, -0.1) is 0 Å². The van der Waals surface area contributed by atoms with Gasteiger partial charge in [0.05, 0.1) is 0 Å². The molecule has 0 heterocycles. The van der Waals surface area contributed by atoms with Crippen molar-refractivity contribution in [1.29, 1.82) is 0 Å². The van der Waals surface area contributed by atoms with E-state index in [4.69, 9.17) is 14.2 Å². The SMILES string of the molecule is CC/C=C\C/C=C\C/C=C\C/C=C\C/C=C\C/C=C\C/C=C\CCCC(=O)OCC(COC(=O)CCCCCCCC/C=C\C/C=C\C/C=C\C/C=C\CC)OC(=O)CCCCCCCCCC/C=C\C/C=C\C/C=C\C/C=C\CC. The van der Waals surface area contributed by atoms with Crippen LogP contribution in [0.4, 0.5) is 0 Å². The van der Waals surface area contributed by atoms with Gasteiger partial charge in [0, 0.05) is 19.3 Å². The average molecular weight is 1110 g/mol. The standard InChI is InChI=1S/C75H116O6/c1-4-7-10-13-16-19-22-25-28-31-34-36-37-39-41-44-47-50-53-56-59-62-65-68-74(77)80-71-72(70-79-73(76)67-64-61-58-55-52-49-46-43-40-33-30-27-24-21-18-15-12-9-6-3)81-75(78)69-66-63-60-57-54-51-48-45-42-38-35-32-29-26-23-20-17-14-11-8-5-2/h7-12,16-21,25-30,34-36,38-41,43,47,50,56,59,72H,4-6,13-15,22-24,31-33,37,42,44-46,48-49,51-55,57-58,60-71H2,1-3H3/b10-7-,11-8-,12-9-,19-16-,20-17-,21-18-,28-25-,29-26-,30-27-,36-34-,38-35-,41-39-,43-40-,50-47-,59-56-. The number of esters is 3. The van der Waals surface area contributed by atoms with E-state index in [1.54, 1.807) is 0 Å². The fourth-order valence-electron chi connectivity index (χ4n) is 8.18. The van der Waals surface area contributed by atoms with Gasteiger partial charge in [-0.1, -0.05) is 267 Å². The third-order valence-corrected chi connectivity index (χ3v) is 12.9. The Morgan fingerprint density at radius 3 is 0.741 bits per heavy atom. The normalized spacial score (nSPS) is 13.4. The van der Waals surface area contributed by atoms with Crippen LogP contribution < -0.4 is 0 Å². The summed E-state index contributed by atoms with van der Waals surface area (Å²) in [5, 5.41) is 0. The van der Waals surface area contributed by atoms with E-state index in [0.29, 0.717) is 19.3 Å². The lowest BCUT2D eigenvalue weighted by Gasteiger charge is -2.18. The lowest BCUT2D eigenvalue weighted by atomic mass is 10.1. The quantitative estimate of drug-likeness (QED) is 0.0261. The van der Waals surface area contributed by atoms with Crippen LogP contribution in [0.2, 0.25) is 0 Å². The Morgan fingerprint density at radius 1 is 0.247 bits per heavy atom. The summed E-state index contributed by atoms with van der Waals surface area (Å²) in [7, 11) is 0. The molecule has 0 aliphatic carbocycles. The van der Waals surface area contributed by atoms with Crippen molar-refractivity contribution in [2.75, 3.05) is 13.2 Å². The minimum atomic E-state index is -0.825. The van der Waals surface area contributed by atoms with Gasteiger partial charge in [0.2, 0.25) is 0 Å². The molecule has 0 fully saturated rings.